The number of carbonyl (C=O) groups excluding carboxylic acids is 2. The normalized spacial score (nSPS) is 17.7. The first-order chi connectivity index (χ1) is 12.6. The summed E-state index contributed by atoms with van der Waals surface area (Å²) in [4.78, 5) is 29.1. The predicted molar refractivity (Wildman–Crippen MR) is 111 cm³/mol. The zero-order valence-corrected chi connectivity index (χ0v) is 18.6. The zero-order chi connectivity index (χ0) is 20.2. The third-order valence-electron chi connectivity index (χ3n) is 4.58. The van der Waals surface area contributed by atoms with Gasteiger partial charge in [-0.1, -0.05) is 22.0 Å². The predicted octanol–water partition coefficient (Wildman–Crippen LogP) is 4.95. The summed E-state index contributed by atoms with van der Waals surface area (Å²) in [5.41, 5.74) is 0.178. The Hall–Kier alpha value is -1.56. The molecule has 1 aliphatic rings. The number of hydrogen-bond donors (Lipinski definition) is 0. The summed E-state index contributed by atoms with van der Waals surface area (Å²) in [6.07, 6.45) is 1.67. The standard InChI is InChI=1S/C21H31BrN2O3/c1-15(2)24(20(26)27-21(3,4)5)14-16-8-7-11-23(13-16)19(25)17-9-6-10-18(22)12-17/h6,9-10,12,15-16H,7-8,11,13-14H2,1-5H3/t16-/m1/s1. The van der Waals surface area contributed by atoms with Crippen molar-refractivity contribution in [3.05, 3.63) is 34.3 Å². The van der Waals surface area contributed by atoms with Gasteiger partial charge in [-0.15, -0.1) is 0 Å². The van der Waals surface area contributed by atoms with Crippen LogP contribution in [0.3, 0.4) is 0 Å². The molecule has 0 bridgehead atoms. The van der Waals surface area contributed by atoms with Crippen molar-refractivity contribution in [2.24, 2.45) is 5.92 Å². The average Bonchev–Trinajstić information content (AvgIpc) is 2.57. The van der Waals surface area contributed by atoms with Crippen molar-refractivity contribution in [3.8, 4) is 0 Å². The molecule has 0 spiro atoms. The van der Waals surface area contributed by atoms with E-state index in [9.17, 15) is 9.59 Å². The van der Waals surface area contributed by atoms with Gasteiger partial charge in [0.05, 0.1) is 0 Å². The fraction of sp³-hybridized carbons (Fsp3) is 0.619. The first-order valence-electron chi connectivity index (χ1n) is 9.61. The molecule has 1 saturated heterocycles. The van der Waals surface area contributed by atoms with Crippen molar-refractivity contribution in [2.75, 3.05) is 19.6 Å². The van der Waals surface area contributed by atoms with Crippen LogP contribution < -0.4 is 0 Å². The molecule has 1 atom stereocenters. The van der Waals surface area contributed by atoms with E-state index in [0.29, 0.717) is 18.7 Å². The summed E-state index contributed by atoms with van der Waals surface area (Å²) in [7, 11) is 0. The fourth-order valence-electron chi connectivity index (χ4n) is 3.30. The highest BCUT2D eigenvalue weighted by Crippen LogP contribution is 2.23. The van der Waals surface area contributed by atoms with E-state index in [-0.39, 0.29) is 24.0 Å². The van der Waals surface area contributed by atoms with Crippen LogP contribution in [-0.4, -0.2) is 53.1 Å². The highest BCUT2D eigenvalue weighted by atomic mass is 79.9. The number of carbonyl (C=O) groups is 2. The van der Waals surface area contributed by atoms with Gasteiger partial charge >= 0.3 is 6.09 Å². The van der Waals surface area contributed by atoms with Crippen molar-refractivity contribution in [3.63, 3.8) is 0 Å². The van der Waals surface area contributed by atoms with E-state index in [2.05, 4.69) is 15.9 Å². The Morgan fingerprint density at radius 2 is 2.04 bits per heavy atom. The van der Waals surface area contributed by atoms with Gasteiger partial charge in [0.25, 0.3) is 5.91 Å². The molecule has 0 N–H and O–H groups in total. The van der Waals surface area contributed by atoms with Crippen molar-refractivity contribution in [2.45, 2.75) is 59.1 Å². The second kappa shape index (κ2) is 9.09. The van der Waals surface area contributed by atoms with Gasteiger partial charge in [0.15, 0.2) is 0 Å². The maximum Gasteiger partial charge on any atom is 0.410 e. The largest absolute Gasteiger partial charge is 0.444 e. The molecule has 0 unspecified atom stereocenters. The summed E-state index contributed by atoms with van der Waals surface area (Å²) in [6.45, 7) is 11.7. The average molecular weight is 439 g/mol. The molecular formula is C21H31BrN2O3. The number of piperidine rings is 1. The van der Waals surface area contributed by atoms with Gasteiger partial charge in [0.2, 0.25) is 0 Å². The number of rotatable bonds is 4. The molecule has 0 saturated carbocycles. The zero-order valence-electron chi connectivity index (χ0n) is 17.0. The van der Waals surface area contributed by atoms with Gasteiger partial charge in [-0.3, -0.25) is 4.79 Å². The quantitative estimate of drug-likeness (QED) is 0.667. The number of ether oxygens (including phenoxy) is 1. The van der Waals surface area contributed by atoms with Crippen LogP contribution in [0.1, 0.15) is 57.8 Å². The lowest BCUT2D eigenvalue weighted by Gasteiger charge is -2.37. The third kappa shape index (κ3) is 6.52. The topological polar surface area (TPSA) is 49.9 Å². The van der Waals surface area contributed by atoms with E-state index >= 15 is 0 Å². The number of nitrogens with zero attached hydrogens (tertiary/aromatic N) is 2. The van der Waals surface area contributed by atoms with Crippen LogP contribution in [0.2, 0.25) is 0 Å². The minimum atomic E-state index is -0.514. The Morgan fingerprint density at radius 1 is 1.33 bits per heavy atom. The lowest BCUT2D eigenvalue weighted by atomic mass is 9.96. The number of halogens is 1. The summed E-state index contributed by atoms with van der Waals surface area (Å²) in [5, 5.41) is 0. The molecule has 27 heavy (non-hydrogen) atoms. The molecule has 6 heteroatoms. The van der Waals surface area contributed by atoms with Gasteiger partial charge in [0.1, 0.15) is 5.60 Å². The highest BCUT2D eigenvalue weighted by Gasteiger charge is 2.30. The monoisotopic (exact) mass is 438 g/mol. The van der Waals surface area contributed by atoms with E-state index in [1.165, 1.54) is 0 Å². The smallest absolute Gasteiger partial charge is 0.410 e. The molecule has 150 valence electrons. The number of hydrogen-bond acceptors (Lipinski definition) is 3. The Bertz CT molecular complexity index is 670. The molecule has 5 nitrogen and oxygen atoms in total. The second-order valence-corrected chi connectivity index (χ2v) is 9.41. The van der Waals surface area contributed by atoms with E-state index in [1.54, 1.807) is 4.90 Å². The number of amides is 2. The van der Waals surface area contributed by atoms with Crippen LogP contribution in [0.25, 0.3) is 0 Å². The highest BCUT2D eigenvalue weighted by molar-refractivity contribution is 9.10. The van der Waals surface area contributed by atoms with Crippen LogP contribution in [-0.2, 0) is 4.74 Å². The Kier molecular flexibility index (Phi) is 7.32. The molecule has 1 fully saturated rings. The first-order valence-corrected chi connectivity index (χ1v) is 10.4. The first kappa shape index (κ1) is 21.7. The van der Waals surface area contributed by atoms with E-state index in [4.69, 9.17) is 4.74 Å². The molecule has 0 aliphatic carbocycles. The van der Waals surface area contributed by atoms with Gasteiger partial charge in [0, 0.05) is 35.7 Å². The molecule has 1 aromatic rings. The second-order valence-electron chi connectivity index (χ2n) is 8.50. The van der Waals surface area contributed by atoms with E-state index in [1.807, 2.05) is 63.8 Å². The van der Waals surface area contributed by atoms with Gasteiger partial charge in [-0.25, -0.2) is 4.79 Å². The maximum atomic E-state index is 12.8. The van der Waals surface area contributed by atoms with E-state index < -0.39 is 5.60 Å². The van der Waals surface area contributed by atoms with Gasteiger partial charge in [-0.2, -0.15) is 0 Å². The van der Waals surface area contributed by atoms with Crippen LogP contribution >= 0.6 is 15.9 Å². The number of likely N-dealkylation sites (tertiary alicyclic amines) is 1. The molecule has 0 aromatic heterocycles. The lowest BCUT2D eigenvalue weighted by molar-refractivity contribution is 0.0124. The maximum absolute atomic E-state index is 12.8. The SMILES string of the molecule is CC(C)N(C[C@@H]1CCCN(C(=O)c2cccc(Br)c2)C1)C(=O)OC(C)(C)C. The summed E-state index contributed by atoms with van der Waals surface area (Å²) in [6, 6.07) is 7.54. The number of benzene rings is 1. The fourth-order valence-corrected chi connectivity index (χ4v) is 3.70. The van der Waals surface area contributed by atoms with Crippen LogP contribution in [0, 0.1) is 5.92 Å². The summed E-state index contributed by atoms with van der Waals surface area (Å²) in [5.74, 6) is 0.305. The van der Waals surface area contributed by atoms with Crippen LogP contribution in [0.5, 0.6) is 0 Å². The minimum absolute atomic E-state index is 0.0503. The molecule has 1 aromatic carbocycles. The third-order valence-corrected chi connectivity index (χ3v) is 5.08. The Labute approximate surface area is 171 Å². The van der Waals surface area contributed by atoms with E-state index in [0.717, 1.165) is 23.9 Å². The van der Waals surface area contributed by atoms with Crippen molar-refractivity contribution in [1.29, 1.82) is 0 Å². The molecular weight excluding hydrogens is 408 g/mol. The Balaban J connectivity index is 2.03. The lowest BCUT2D eigenvalue weighted by Crippen LogP contribution is -2.48. The summed E-state index contributed by atoms with van der Waals surface area (Å²) >= 11 is 3.43. The molecule has 1 aliphatic heterocycles. The van der Waals surface area contributed by atoms with Crippen molar-refractivity contribution in [1.82, 2.24) is 9.80 Å². The van der Waals surface area contributed by atoms with Crippen LogP contribution in [0.4, 0.5) is 4.79 Å². The summed E-state index contributed by atoms with van der Waals surface area (Å²) < 4.78 is 6.46. The van der Waals surface area contributed by atoms with Crippen LogP contribution in [0.15, 0.2) is 28.7 Å². The van der Waals surface area contributed by atoms with Gasteiger partial charge < -0.3 is 14.5 Å². The van der Waals surface area contributed by atoms with Crippen molar-refractivity contribution < 1.29 is 14.3 Å². The molecule has 0 radical (unpaired) electrons. The minimum Gasteiger partial charge on any atom is -0.444 e. The Morgan fingerprint density at radius 3 is 2.63 bits per heavy atom. The molecule has 2 amide bonds. The van der Waals surface area contributed by atoms with Crippen molar-refractivity contribution >= 4 is 27.9 Å². The molecule has 1 heterocycles. The van der Waals surface area contributed by atoms with Gasteiger partial charge in [-0.05, 0) is 71.6 Å². The molecule has 2 rings (SSSR count).